The number of nitro groups is 1. The molecule has 0 aliphatic heterocycles. The molecule has 0 aliphatic rings. The van der Waals surface area contributed by atoms with E-state index >= 15 is 0 Å². The first-order valence-corrected chi connectivity index (χ1v) is 10.8. The van der Waals surface area contributed by atoms with Gasteiger partial charge in [0.05, 0.1) is 15.5 Å². The predicted octanol–water partition coefficient (Wildman–Crippen LogP) is 3.59. The van der Waals surface area contributed by atoms with E-state index in [1.807, 2.05) is 4.72 Å². The molecule has 14 heteroatoms. The van der Waals surface area contributed by atoms with E-state index in [2.05, 4.69) is 5.87 Å². The number of nitrogens with zero attached hydrogens (tertiary/aromatic N) is 1. The summed E-state index contributed by atoms with van der Waals surface area (Å²) in [5, 5.41) is 10.8. The van der Waals surface area contributed by atoms with Gasteiger partial charge in [-0.2, -0.15) is 13.2 Å². The van der Waals surface area contributed by atoms with Crippen LogP contribution in [0.5, 0.6) is 11.5 Å². The minimum Gasteiger partial charge on any atom is -0.456 e. The lowest BCUT2D eigenvalue weighted by molar-refractivity contribution is -0.385. The van der Waals surface area contributed by atoms with Crippen molar-refractivity contribution < 1.29 is 41.4 Å². The van der Waals surface area contributed by atoms with E-state index in [1.54, 1.807) is 0 Å². The first-order chi connectivity index (χ1) is 14.7. The fraction of sp³-hybridized carbons (Fsp3) is 0.167. The molecule has 1 unspecified atom stereocenters. The highest BCUT2D eigenvalue weighted by atomic mass is 35.5. The highest BCUT2D eigenvalue weighted by Crippen LogP contribution is 2.37. The number of hydrogen-bond acceptors (Lipinski definition) is 7. The van der Waals surface area contributed by atoms with E-state index in [0.717, 1.165) is 36.6 Å². The Morgan fingerprint density at radius 3 is 2.44 bits per heavy atom. The molecule has 0 bridgehead atoms. The quantitative estimate of drug-likeness (QED) is 0.270. The van der Waals surface area contributed by atoms with Crippen molar-refractivity contribution in [3.63, 3.8) is 0 Å². The van der Waals surface area contributed by atoms with Crippen molar-refractivity contribution in [2.24, 2.45) is 0 Å². The number of carbonyl (C=O) groups excluding carboxylic acids is 2. The normalized spacial score (nSPS) is 13.0. The second-order valence-corrected chi connectivity index (χ2v) is 8.91. The molecule has 0 saturated heterocycles. The van der Waals surface area contributed by atoms with Crippen molar-refractivity contribution in [1.29, 1.82) is 0 Å². The summed E-state index contributed by atoms with van der Waals surface area (Å²) in [7, 11) is -2.92. The van der Waals surface area contributed by atoms with Gasteiger partial charge in [-0.1, -0.05) is 11.6 Å². The van der Waals surface area contributed by atoms with Gasteiger partial charge < -0.3 is 9.47 Å². The van der Waals surface area contributed by atoms with Crippen molar-refractivity contribution in [2.45, 2.75) is 6.18 Å². The third-order valence-electron chi connectivity index (χ3n) is 3.54. The number of nitro benzene ring substituents is 1. The van der Waals surface area contributed by atoms with Crippen LogP contribution in [0, 0.1) is 10.1 Å². The van der Waals surface area contributed by atoms with E-state index in [-0.39, 0.29) is 11.5 Å². The fourth-order valence-electron chi connectivity index (χ4n) is 2.27. The maximum atomic E-state index is 12.7. The summed E-state index contributed by atoms with van der Waals surface area (Å²) in [5.74, 6) is 0.574. The summed E-state index contributed by atoms with van der Waals surface area (Å²) in [6, 6.07) is 5.18. The first-order valence-electron chi connectivity index (χ1n) is 8.30. The van der Waals surface area contributed by atoms with Crippen molar-refractivity contribution in [3.8, 4) is 11.5 Å². The molecule has 32 heavy (non-hydrogen) atoms. The van der Waals surface area contributed by atoms with Gasteiger partial charge in [-0.3, -0.25) is 19.6 Å². The zero-order valence-corrected chi connectivity index (χ0v) is 17.7. The molecular formula is C18H14ClF3N2O7S. The molecular weight excluding hydrogens is 481 g/mol. The molecule has 172 valence electrons. The van der Waals surface area contributed by atoms with Crippen LogP contribution >= 0.6 is 11.6 Å². The number of ether oxygens (including phenoxy) is 2. The number of benzene rings is 2. The van der Waals surface area contributed by atoms with E-state index in [1.165, 1.54) is 0 Å². The second kappa shape index (κ2) is 9.44. The average Bonchev–Trinajstić information content (AvgIpc) is 2.65. The summed E-state index contributed by atoms with van der Waals surface area (Å²) in [6.07, 6.45) is -3.50. The van der Waals surface area contributed by atoms with Gasteiger partial charge in [0, 0.05) is 28.1 Å². The van der Waals surface area contributed by atoms with Gasteiger partial charge >= 0.3 is 12.1 Å². The Morgan fingerprint density at radius 2 is 1.91 bits per heavy atom. The zero-order valence-electron chi connectivity index (χ0n) is 16.1. The van der Waals surface area contributed by atoms with Gasteiger partial charge in [-0.05, 0) is 30.1 Å². The fourth-order valence-corrected chi connectivity index (χ4v) is 3.03. The lowest BCUT2D eigenvalue weighted by Gasteiger charge is -2.12. The molecule has 0 radical (unpaired) electrons. The van der Waals surface area contributed by atoms with E-state index in [9.17, 15) is 37.1 Å². The molecule has 1 atom stereocenters. The number of halogens is 4. The summed E-state index contributed by atoms with van der Waals surface area (Å²) in [6.45, 7) is -0.897. The maximum absolute atomic E-state index is 12.7. The maximum Gasteiger partial charge on any atom is 0.416 e. The third-order valence-corrected chi connectivity index (χ3v) is 4.49. The summed E-state index contributed by atoms with van der Waals surface area (Å²) >= 11 is 5.81. The molecule has 2 aromatic rings. The van der Waals surface area contributed by atoms with Crippen LogP contribution < -0.4 is 9.46 Å². The highest BCUT2D eigenvalue weighted by Gasteiger charge is 2.31. The van der Waals surface area contributed by atoms with Crippen molar-refractivity contribution in [2.75, 3.05) is 12.9 Å². The minimum absolute atomic E-state index is 0.178. The Kier molecular flexibility index (Phi) is 7.36. The van der Waals surface area contributed by atoms with Crippen LogP contribution in [-0.2, 0) is 25.4 Å². The second-order valence-electron chi connectivity index (χ2n) is 6.29. The van der Waals surface area contributed by atoms with Crippen molar-refractivity contribution in [1.82, 2.24) is 4.72 Å². The van der Waals surface area contributed by atoms with Crippen LogP contribution in [0.3, 0.4) is 0 Å². The molecule has 0 spiro atoms. The lowest BCUT2D eigenvalue weighted by Crippen LogP contribution is -2.33. The molecule has 9 nitrogen and oxygen atoms in total. The van der Waals surface area contributed by atoms with Gasteiger partial charge in [0.15, 0.2) is 6.61 Å². The SMILES string of the molecule is C=S(C)(=O)NC(=O)COC(=O)c1cc(Oc2ccc(C(F)(F)F)cc2Cl)ccc1[N+](=O)[O-]. The number of alkyl halides is 3. The van der Waals surface area contributed by atoms with Gasteiger partial charge in [0.1, 0.15) is 17.1 Å². The minimum atomic E-state index is -4.63. The molecule has 2 aromatic carbocycles. The molecule has 0 aliphatic carbocycles. The van der Waals surface area contributed by atoms with E-state index in [0.29, 0.717) is 6.07 Å². The molecule has 0 saturated carbocycles. The Morgan fingerprint density at radius 1 is 1.25 bits per heavy atom. The predicted molar refractivity (Wildman–Crippen MR) is 109 cm³/mol. The Labute approximate surface area is 184 Å². The zero-order chi connectivity index (χ0) is 24.3. The smallest absolute Gasteiger partial charge is 0.416 e. The first kappa shape index (κ1) is 24.9. The third kappa shape index (κ3) is 6.85. The van der Waals surface area contributed by atoms with Crippen LogP contribution in [0.1, 0.15) is 15.9 Å². The number of carbonyl (C=O) groups is 2. The van der Waals surface area contributed by atoms with Gasteiger partial charge in [-0.15, -0.1) is 0 Å². The Hall–Kier alpha value is -3.32. The topological polar surface area (TPSA) is 125 Å². The Bertz CT molecular complexity index is 1180. The van der Waals surface area contributed by atoms with Crippen LogP contribution in [0.4, 0.5) is 18.9 Å². The van der Waals surface area contributed by atoms with Crippen LogP contribution in [-0.4, -0.2) is 39.7 Å². The Balaban J connectivity index is 2.27. The standard InChI is InChI=1S/C18H14ClF3N2O7S/c1-32(2,29)23-16(25)9-30-17(26)12-8-11(4-5-14(12)24(27)28)31-15-6-3-10(7-13(15)19)18(20,21)22/h3-8H,1,9H2,2H3,(H,23,25,29). The van der Waals surface area contributed by atoms with Crippen molar-refractivity contribution >= 4 is 44.7 Å². The molecule has 0 aromatic heterocycles. The highest BCUT2D eigenvalue weighted by molar-refractivity contribution is 7.98. The van der Waals surface area contributed by atoms with Crippen molar-refractivity contribution in [3.05, 3.63) is 62.7 Å². The molecule has 1 amide bonds. The number of rotatable bonds is 7. The monoisotopic (exact) mass is 494 g/mol. The lowest BCUT2D eigenvalue weighted by atomic mass is 10.1. The molecule has 0 heterocycles. The number of hydrogen-bond donors (Lipinski definition) is 1. The molecule has 0 fully saturated rings. The van der Waals surface area contributed by atoms with Crippen LogP contribution in [0.2, 0.25) is 5.02 Å². The van der Waals surface area contributed by atoms with Crippen LogP contribution in [0.25, 0.3) is 0 Å². The number of amides is 1. The number of esters is 1. The van der Waals surface area contributed by atoms with Crippen LogP contribution in [0.15, 0.2) is 36.4 Å². The van der Waals surface area contributed by atoms with Gasteiger partial charge in [-0.25, -0.2) is 9.00 Å². The van der Waals surface area contributed by atoms with E-state index < -0.39 is 61.1 Å². The molecule has 1 N–H and O–H groups in total. The number of nitrogens with one attached hydrogen (secondary N) is 1. The van der Waals surface area contributed by atoms with E-state index in [4.69, 9.17) is 21.1 Å². The summed E-state index contributed by atoms with van der Waals surface area (Å²) < 4.78 is 61.7. The summed E-state index contributed by atoms with van der Waals surface area (Å²) in [5.41, 5.74) is -2.30. The van der Waals surface area contributed by atoms with Gasteiger partial charge in [0.25, 0.3) is 11.6 Å². The molecule has 2 rings (SSSR count). The van der Waals surface area contributed by atoms with Gasteiger partial charge in [0.2, 0.25) is 0 Å². The summed E-state index contributed by atoms with van der Waals surface area (Å²) in [4.78, 5) is 34.2. The largest absolute Gasteiger partial charge is 0.456 e. The average molecular weight is 495 g/mol.